The standard InChI is InChI=1S/C12H18O4.C7H12O2/c1-4-6-7-16-12(15)9(3)8-10(5-2)11(13)14;1-3-5-6-9-7(8)4-2/h8H,3-7H2,1-2H3,(H,13,14);4H,2-3,5-6H2,1H3. The Morgan fingerprint density at radius 3 is 1.92 bits per heavy atom. The van der Waals surface area contributed by atoms with Crippen LogP contribution in [-0.2, 0) is 23.9 Å². The maximum Gasteiger partial charge on any atom is 0.337 e. The molecule has 0 saturated carbocycles. The lowest BCUT2D eigenvalue weighted by atomic mass is 10.1. The van der Waals surface area contributed by atoms with Crippen LogP contribution in [0.4, 0.5) is 0 Å². The summed E-state index contributed by atoms with van der Waals surface area (Å²) in [6, 6.07) is 0. The Hall–Kier alpha value is -2.37. The van der Waals surface area contributed by atoms with Crippen molar-refractivity contribution in [2.75, 3.05) is 13.2 Å². The minimum Gasteiger partial charge on any atom is -0.478 e. The van der Waals surface area contributed by atoms with Gasteiger partial charge in [0.15, 0.2) is 0 Å². The van der Waals surface area contributed by atoms with Gasteiger partial charge in [0.25, 0.3) is 0 Å². The van der Waals surface area contributed by atoms with E-state index in [9.17, 15) is 14.4 Å². The fraction of sp³-hybridized carbons (Fsp3) is 0.526. The van der Waals surface area contributed by atoms with E-state index in [1.807, 2.05) is 13.8 Å². The molecule has 0 aliphatic rings. The molecular weight excluding hydrogens is 324 g/mol. The van der Waals surface area contributed by atoms with Gasteiger partial charge in [0.2, 0.25) is 0 Å². The Morgan fingerprint density at radius 2 is 1.52 bits per heavy atom. The van der Waals surface area contributed by atoms with E-state index in [4.69, 9.17) is 9.84 Å². The molecular formula is C19H30O6. The number of hydrogen-bond acceptors (Lipinski definition) is 5. The largest absolute Gasteiger partial charge is 0.478 e. The average molecular weight is 354 g/mol. The molecule has 0 aliphatic heterocycles. The molecule has 0 bridgehead atoms. The van der Waals surface area contributed by atoms with Crippen LogP contribution in [0.25, 0.3) is 0 Å². The third kappa shape index (κ3) is 14.9. The molecule has 0 aromatic carbocycles. The van der Waals surface area contributed by atoms with Crippen molar-refractivity contribution in [2.45, 2.75) is 52.9 Å². The van der Waals surface area contributed by atoms with E-state index in [1.165, 1.54) is 12.2 Å². The van der Waals surface area contributed by atoms with Crippen LogP contribution in [0, 0.1) is 0 Å². The van der Waals surface area contributed by atoms with Gasteiger partial charge in [-0.05, 0) is 25.3 Å². The minimum absolute atomic E-state index is 0.0790. The molecule has 0 unspecified atom stereocenters. The lowest BCUT2D eigenvalue weighted by Crippen LogP contribution is -2.08. The molecule has 0 heterocycles. The van der Waals surface area contributed by atoms with Gasteiger partial charge in [0.1, 0.15) is 0 Å². The molecule has 0 fully saturated rings. The molecule has 0 aromatic heterocycles. The molecule has 0 atom stereocenters. The first-order valence-electron chi connectivity index (χ1n) is 8.42. The maximum absolute atomic E-state index is 11.3. The molecule has 0 rings (SSSR count). The highest BCUT2D eigenvalue weighted by Gasteiger charge is 2.10. The van der Waals surface area contributed by atoms with Crippen LogP contribution in [0.3, 0.4) is 0 Å². The molecule has 6 heteroatoms. The Bertz CT molecular complexity index is 476. The third-order valence-electron chi connectivity index (χ3n) is 2.91. The predicted octanol–water partition coefficient (Wildman–Crippen LogP) is 3.82. The third-order valence-corrected chi connectivity index (χ3v) is 2.91. The highest BCUT2D eigenvalue weighted by atomic mass is 16.5. The number of rotatable bonds is 11. The van der Waals surface area contributed by atoms with Crippen LogP contribution in [0.2, 0.25) is 0 Å². The van der Waals surface area contributed by atoms with Crippen molar-refractivity contribution in [3.8, 4) is 0 Å². The molecule has 0 spiro atoms. The molecule has 0 saturated heterocycles. The second kappa shape index (κ2) is 16.5. The molecule has 0 aromatic rings. The van der Waals surface area contributed by atoms with Crippen LogP contribution in [-0.4, -0.2) is 36.2 Å². The highest BCUT2D eigenvalue weighted by Crippen LogP contribution is 2.07. The van der Waals surface area contributed by atoms with Gasteiger partial charge in [-0.1, -0.05) is 46.8 Å². The first-order valence-corrected chi connectivity index (χ1v) is 8.42. The summed E-state index contributed by atoms with van der Waals surface area (Å²) in [5, 5.41) is 8.76. The van der Waals surface area contributed by atoms with Crippen LogP contribution in [0.5, 0.6) is 0 Å². The van der Waals surface area contributed by atoms with Crippen molar-refractivity contribution in [1.29, 1.82) is 0 Å². The molecule has 25 heavy (non-hydrogen) atoms. The quantitative estimate of drug-likeness (QED) is 0.262. The van der Waals surface area contributed by atoms with Gasteiger partial charge in [-0.3, -0.25) is 0 Å². The zero-order valence-electron chi connectivity index (χ0n) is 15.5. The normalized spacial score (nSPS) is 10.1. The Morgan fingerprint density at radius 1 is 1.00 bits per heavy atom. The summed E-state index contributed by atoms with van der Waals surface area (Å²) in [5.41, 5.74) is 0.229. The van der Waals surface area contributed by atoms with Crippen molar-refractivity contribution in [2.24, 2.45) is 0 Å². The van der Waals surface area contributed by atoms with Gasteiger partial charge in [0, 0.05) is 11.6 Å². The number of unbranched alkanes of at least 4 members (excludes halogenated alkanes) is 2. The fourth-order valence-electron chi connectivity index (χ4n) is 1.36. The van der Waals surface area contributed by atoms with Gasteiger partial charge in [0.05, 0.1) is 18.8 Å². The van der Waals surface area contributed by atoms with E-state index in [0.717, 1.165) is 25.7 Å². The van der Waals surface area contributed by atoms with Gasteiger partial charge in [-0.15, -0.1) is 0 Å². The maximum atomic E-state index is 11.3. The molecule has 0 amide bonds. The monoisotopic (exact) mass is 354 g/mol. The summed E-state index contributed by atoms with van der Waals surface area (Å²) >= 11 is 0. The summed E-state index contributed by atoms with van der Waals surface area (Å²) in [6.07, 6.45) is 6.49. The van der Waals surface area contributed by atoms with Crippen LogP contribution < -0.4 is 0 Å². The molecule has 6 nitrogen and oxygen atoms in total. The molecule has 0 radical (unpaired) electrons. The summed E-state index contributed by atoms with van der Waals surface area (Å²) in [6.45, 7) is 13.3. The lowest BCUT2D eigenvalue weighted by molar-refractivity contribution is -0.139. The lowest BCUT2D eigenvalue weighted by Gasteiger charge is -2.04. The van der Waals surface area contributed by atoms with E-state index in [1.54, 1.807) is 6.92 Å². The highest BCUT2D eigenvalue weighted by molar-refractivity contribution is 5.95. The van der Waals surface area contributed by atoms with Crippen LogP contribution in [0.1, 0.15) is 52.9 Å². The number of ether oxygens (including phenoxy) is 2. The SMILES string of the molecule is C=C(C=C(CC)C(=O)O)C(=O)OCCCC.C=CC(=O)OCCCC. The molecule has 142 valence electrons. The van der Waals surface area contributed by atoms with E-state index in [0.29, 0.717) is 19.6 Å². The smallest absolute Gasteiger partial charge is 0.337 e. The second-order valence-electron chi connectivity index (χ2n) is 5.07. The second-order valence-corrected chi connectivity index (χ2v) is 5.07. The number of hydrogen-bond donors (Lipinski definition) is 1. The van der Waals surface area contributed by atoms with Crippen molar-refractivity contribution in [3.63, 3.8) is 0 Å². The van der Waals surface area contributed by atoms with Crippen LogP contribution in [0.15, 0.2) is 36.5 Å². The zero-order chi connectivity index (χ0) is 19.7. The number of carbonyl (C=O) groups excluding carboxylic acids is 2. The number of aliphatic carboxylic acids is 1. The van der Waals surface area contributed by atoms with E-state index in [2.05, 4.69) is 17.9 Å². The topological polar surface area (TPSA) is 89.9 Å². The van der Waals surface area contributed by atoms with E-state index in [-0.39, 0.29) is 17.1 Å². The molecule has 1 N–H and O–H groups in total. The van der Waals surface area contributed by atoms with Gasteiger partial charge in [-0.2, -0.15) is 0 Å². The van der Waals surface area contributed by atoms with Gasteiger partial charge >= 0.3 is 17.9 Å². The first-order chi connectivity index (χ1) is 11.8. The van der Waals surface area contributed by atoms with Gasteiger partial charge < -0.3 is 14.6 Å². The fourth-order valence-corrected chi connectivity index (χ4v) is 1.36. The van der Waals surface area contributed by atoms with E-state index < -0.39 is 11.9 Å². The van der Waals surface area contributed by atoms with Crippen molar-refractivity contribution >= 4 is 17.9 Å². The van der Waals surface area contributed by atoms with Crippen LogP contribution >= 0.6 is 0 Å². The number of esters is 2. The summed E-state index contributed by atoms with van der Waals surface area (Å²) in [5.74, 6) is -1.92. The summed E-state index contributed by atoms with van der Waals surface area (Å²) in [4.78, 5) is 32.4. The van der Waals surface area contributed by atoms with Gasteiger partial charge in [-0.25, -0.2) is 14.4 Å². The van der Waals surface area contributed by atoms with Crippen molar-refractivity contribution in [3.05, 3.63) is 36.5 Å². The number of carboxylic acids is 1. The predicted molar refractivity (Wildman–Crippen MR) is 97.1 cm³/mol. The Kier molecular flexibility index (Phi) is 16.4. The van der Waals surface area contributed by atoms with E-state index >= 15 is 0 Å². The first kappa shape index (κ1) is 24.9. The average Bonchev–Trinajstić information content (AvgIpc) is 2.59. The number of carbonyl (C=O) groups is 3. The Labute approximate surface area is 150 Å². The summed E-state index contributed by atoms with van der Waals surface area (Å²) < 4.78 is 9.57. The van der Waals surface area contributed by atoms with Crippen molar-refractivity contribution in [1.82, 2.24) is 0 Å². The van der Waals surface area contributed by atoms with Crippen molar-refractivity contribution < 1.29 is 29.0 Å². The zero-order valence-corrected chi connectivity index (χ0v) is 15.5. The number of carboxylic acid groups (broad SMARTS) is 1. The molecule has 0 aliphatic carbocycles. The summed E-state index contributed by atoms with van der Waals surface area (Å²) in [7, 11) is 0. The minimum atomic E-state index is -1.04. The Balaban J connectivity index is 0.